The Hall–Kier alpha value is -0.570. The van der Waals surface area contributed by atoms with Crippen molar-refractivity contribution in [3.63, 3.8) is 0 Å². The molecule has 0 saturated heterocycles. The van der Waals surface area contributed by atoms with E-state index in [1.807, 2.05) is 13.8 Å². The third kappa shape index (κ3) is 4.30. The van der Waals surface area contributed by atoms with Crippen molar-refractivity contribution >= 4 is 5.91 Å². The second-order valence-corrected chi connectivity index (χ2v) is 5.98. The van der Waals surface area contributed by atoms with Gasteiger partial charge in [0.25, 0.3) is 0 Å². The van der Waals surface area contributed by atoms with Crippen molar-refractivity contribution in [1.82, 2.24) is 10.6 Å². The number of hydrogen-bond donors (Lipinski definition) is 2. The molecule has 0 spiro atoms. The lowest BCUT2D eigenvalue weighted by Gasteiger charge is -2.32. The zero-order valence-electron chi connectivity index (χ0n) is 11.8. The molecule has 1 rings (SSSR count). The molecule has 1 fully saturated rings. The van der Waals surface area contributed by atoms with Crippen LogP contribution in [0.15, 0.2) is 0 Å². The van der Waals surface area contributed by atoms with Crippen molar-refractivity contribution in [2.45, 2.75) is 58.9 Å². The maximum atomic E-state index is 11.7. The van der Waals surface area contributed by atoms with Gasteiger partial charge in [-0.1, -0.05) is 26.2 Å². The van der Waals surface area contributed by atoms with E-state index in [9.17, 15) is 4.79 Å². The average Bonchev–Trinajstić information content (AvgIpc) is 2.35. The lowest BCUT2D eigenvalue weighted by atomic mass is 9.83. The Labute approximate surface area is 106 Å². The molecule has 0 aromatic heterocycles. The van der Waals surface area contributed by atoms with Gasteiger partial charge in [0.2, 0.25) is 5.91 Å². The number of rotatable bonds is 5. The molecule has 17 heavy (non-hydrogen) atoms. The summed E-state index contributed by atoms with van der Waals surface area (Å²) in [5.41, 5.74) is -0.312. The van der Waals surface area contributed by atoms with Gasteiger partial charge >= 0.3 is 0 Å². The Kier molecular flexibility index (Phi) is 5.44. The second kappa shape index (κ2) is 6.39. The largest absolute Gasteiger partial charge is 0.359 e. The van der Waals surface area contributed by atoms with E-state index in [4.69, 9.17) is 0 Å². The Morgan fingerprint density at radius 1 is 1.35 bits per heavy atom. The van der Waals surface area contributed by atoms with Gasteiger partial charge in [-0.2, -0.15) is 0 Å². The van der Waals surface area contributed by atoms with Gasteiger partial charge in [0.1, 0.15) is 0 Å². The summed E-state index contributed by atoms with van der Waals surface area (Å²) in [6.45, 7) is 7.05. The van der Waals surface area contributed by atoms with Crippen LogP contribution in [0.5, 0.6) is 0 Å². The molecule has 0 aromatic carbocycles. The van der Waals surface area contributed by atoms with Crippen LogP contribution in [0.3, 0.4) is 0 Å². The summed E-state index contributed by atoms with van der Waals surface area (Å²) < 4.78 is 0. The summed E-state index contributed by atoms with van der Waals surface area (Å²) >= 11 is 0. The standard InChI is InChI=1S/C14H28N2O/c1-5-11-7-6-8-12(9-11)16-10-14(2,3)13(17)15-4/h11-12,16H,5-10H2,1-4H3,(H,15,17). The topological polar surface area (TPSA) is 41.1 Å². The third-order valence-electron chi connectivity index (χ3n) is 4.03. The summed E-state index contributed by atoms with van der Waals surface area (Å²) in [7, 11) is 1.71. The fourth-order valence-electron chi connectivity index (χ4n) is 2.67. The van der Waals surface area contributed by atoms with Crippen LogP contribution in [0, 0.1) is 11.3 Å². The Morgan fingerprint density at radius 3 is 2.65 bits per heavy atom. The fraction of sp³-hybridized carbons (Fsp3) is 0.929. The zero-order valence-corrected chi connectivity index (χ0v) is 11.8. The van der Waals surface area contributed by atoms with E-state index in [0.717, 1.165) is 12.5 Å². The lowest BCUT2D eigenvalue weighted by Crippen LogP contribution is -2.46. The molecule has 3 heteroatoms. The van der Waals surface area contributed by atoms with Crippen LogP contribution in [-0.2, 0) is 4.79 Å². The van der Waals surface area contributed by atoms with Crippen LogP contribution in [0.2, 0.25) is 0 Å². The predicted octanol–water partition coefficient (Wildman–Crippen LogP) is 2.32. The first-order valence-corrected chi connectivity index (χ1v) is 6.95. The second-order valence-electron chi connectivity index (χ2n) is 5.98. The van der Waals surface area contributed by atoms with Gasteiger partial charge in [-0.3, -0.25) is 4.79 Å². The Balaban J connectivity index is 2.37. The molecular formula is C14H28N2O. The van der Waals surface area contributed by atoms with Gasteiger partial charge in [-0.05, 0) is 32.6 Å². The molecule has 2 N–H and O–H groups in total. The molecule has 2 unspecified atom stereocenters. The number of carbonyl (C=O) groups is 1. The van der Waals surface area contributed by atoms with E-state index in [1.54, 1.807) is 7.05 Å². The van der Waals surface area contributed by atoms with Crippen molar-refractivity contribution in [3.8, 4) is 0 Å². The third-order valence-corrected chi connectivity index (χ3v) is 4.03. The minimum Gasteiger partial charge on any atom is -0.359 e. The van der Waals surface area contributed by atoms with E-state index >= 15 is 0 Å². The molecule has 0 aromatic rings. The highest BCUT2D eigenvalue weighted by Gasteiger charge is 2.28. The Morgan fingerprint density at radius 2 is 2.06 bits per heavy atom. The number of carbonyl (C=O) groups excluding carboxylic acids is 1. The van der Waals surface area contributed by atoms with Gasteiger partial charge in [0.05, 0.1) is 5.41 Å². The van der Waals surface area contributed by atoms with Crippen molar-refractivity contribution in [3.05, 3.63) is 0 Å². The van der Waals surface area contributed by atoms with Crippen LogP contribution in [0.25, 0.3) is 0 Å². The summed E-state index contributed by atoms with van der Waals surface area (Å²) in [6.07, 6.45) is 6.54. The summed E-state index contributed by atoms with van der Waals surface area (Å²) in [6, 6.07) is 0.609. The van der Waals surface area contributed by atoms with Gasteiger partial charge in [-0.15, -0.1) is 0 Å². The van der Waals surface area contributed by atoms with Crippen molar-refractivity contribution in [1.29, 1.82) is 0 Å². The SMILES string of the molecule is CCC1CCCC(NCC(C)(C)C(=O)NC)C1. The van der Waals surface area contributed by atoms with Crippen LogP contribution in [-0.4, -0.2) is 25.5 Å². The van der Waals surface area contributed by atoms with Crippen molar-refractivity contribution in [2.75, 3.05) is 13.6 Å². The zero-order chi connectivity index (χ0) is 12.9. The summed E-state index contributed by atoms with van der Waals surface area (Å²) in [5.74, 6) is 0.997. The van der Waals surface area contributed by atoms with E-state index < -0.39 is 0 Å². The van der Waals surface area contributed by atoms with Crippen LogP contribution in [0.1, 0.15) is 52.9 Å². The first-order chi connectivity index (χ1) is 7.99. The molecule has 3 nitrogen and oxygen atoms in total. The quantitative estimate of drug-likeness (QED) is 0.774. The lowest BCUT2D eigenvalue weighted by molar-refractivity contribution is -0.128. The molecule has 100 valence electrons. The summed E-state index contributed by atoms with van der Waals surface area (Å²) in [4.78, 5) is 11.7. The highest BCUT2D eigenvalue weighted by molar-refractivity contribution is 5.81. The molecule has 0 radical (unpaired) electrons. The Bertz CT molecular complexity index is 251. The maximum absolute atomic E-state index is 11.7. The minimum atomic E-state index is -0.312. The van der Waals surface area contributed by atoms with E-state index in [1.165, 1.54) is 32.1 Å². The normalized spacial score (nSPS) is 25.6. The molecule has 2 atom stereocenters. The molecule has 1 aliphatic carbocycles. The highest BCUT2D eigenvalue weighted by atomic mass is 16.2. The molecular weight excluding hydrogens is 212 g/mol. The molecule has 1 amide bonds. The van der Waals surface area contributed by atoms with Gasteiger partial charge in [-0.25, -0.2) is 0 Å². The number of amides is 1. The smallest absolute Gasteiger partial charge is 0.226 e. The average molecular weight is 240 g/mol. The van der Waals surface area contributed by atoms with Crippen LogP contribution < -0.4 is 10.6 Å². The molecule has 0 bridgehead atoms. The maximum Gasteiger partial charge on any atom is 0.226 e. The monoisotopic (exact) mass is 240 g/mol. The summed E-state index contributed by atoms with van der Waals surface area (Å²) in [5, 5.41) is 6.31. The van der Waals surface area contributed by atoms with Gasteiger partial charge < -0.3 is 10.6 Å². The number of nitrogens with one attached hydrogen (secondary N) is 2. The van der Waals surface area contributed by atoms with E-state index in [-0.39, 0.29) is 11.3 Å². The fourth-order valence-corrected chi connectivity index (χ4v) is 2.67. The first-order valence-electron chi connectivity index (χ1n) is 6.95. The van der Waals surface area contributed by atoms with E-state index in [0.29, 0.717) is 6.04 Å². The minimum absolute atomic E-state index is 0.118. The van der Waals surface area contributed by atoms with Crippen molar-refractivity contribution < 1.29 is 4.79 Å². The van der Waals surface area contributed by atoms with Gasteiger partial charge in [0.15, 0.2) is 0 Å². The highest BCUT2D eigenvalue weighted by Crippen LogP contribution is 2.27. The predicted molar refractivity (Wildman–Crippen MR) is 71.9 cm³/mol. The van der Waals surface area contributed by atoms with E-state index in [2.05, 4.69) is 17.6 Å². The molecule has 0 aliphatic heterocycles. The van der Waals surface area contributed by atoms with Crippen LogP contribution in [0.4, 0.5) is 0 Å². The molecule has 0 heterocycles. The van der Waals surface area contributed by atoms with Crippen LogP contribution >= 0.6 is 0 Å². The number of hydrogen-bond acceptors (Lipinski definition) is 2. The first kappa shape index (κ1) is 14.5. The molecule has 1 aliphatic rings. The van der Waals surface area contributed by atoms with Crippen molar-refractivity contribution in [2.24, 2.45) is 11.3 Å². The van der Waals surface area contributed by atoms with Gasteiger partial charge in [0, 0.05) is 19.6 Å². The molecule has 1 saturated carbocycles.